The van der Waals surface area contributed by atoms with Gasteiger partial charge in [0.05, 0.1) is 13.0 Å². The maximum atomic E-state index is 11.4. The summed E-state index contributed by atoms with van der Waals surface area (Å²) in [5, 5.41) is 0. The number of carbonyl (C=O) groups is 2. The van der Waals surface area contributed by atoms with E-state index in [4.69, 9.17) is 4.74 Å². The smallest absolute Gasteiger partial charge is 0.306 e. The van der Waals surface area contributed by atoms with E-state index in [1.807, 2.05) is 12.2 Å². The monoisotopic (exact) mass is 210 g/mol. The van der Waals surface area contributed by atoms with Gasteiger partial charge in [0.1, 0.15) is 5.78 Å². The number of hydrogen-bond donors (Lipinski definition) is 0. The summed E-state index contributed by atoms with van der Waals surface area (Å²) in [7, 11) is 0. The number of allylic oxidation sites excluding steroid dienone is 2. The molecule has 0 aromatic rings. The van der Waals surface area contributed by atoms with Crippen LogP contribution in [0.1, 0.15) is 33.1 Å². The normalized spacial score (nSPS) is 24.9. The number of rotatable bonds is 4. The second-order valence-corrected chi connectivity index (χ2v) is 3.90. The van der Waals surface area contributed by atoms with Crippen molar-refractivity contribution in [1.82, 2.24) is 0 Å². The van der Waals surface area contributed by atoms with E-state index in [0.717, 1.165) is 12.8 Å². The summed E-state index contributed by atoms with van der Waals surface area (Å²) < 4.78 is 4.89. The van der Waals surface area contributed by atoms with Crippen LogP contribution in [-0.2, 0) is 14.3 Å². The van der Waals surface area contributed by atoms with Crippen LogP contribution in [0.4, 0.5) is 0 Å². The van der Waals surface area contributed by atoms with Crippen molar-refractivity contribution in [3.8, 4) is 0 Å². The number of carbonyl (C=O) groups excluding carboxylic acids is 2. The van der Waals surface area contributed by atoms with Crippen molar-refractivity contribution in [3.05, 3.63) is 12.2 Å². The van der Waals surface area contributed by atoms with Crippen LogP contribution in [0.15, 0.2) is 12.2 Å². The Morgan fingerprint density at radius 3 is 2.80 bits per heavy atom. The summed E-state index contributed by atoms with van der Waals surface area (Å²) in [4.78, 5) is 22.7. The number of hydrogen-bond acceptors (Lipinski definition) is 3. The predicted octanol–water partition coefficient (Wildman–Crippen LogP) is 2.11. The van der Waals surface area contributed by atoms with Gasteiger partial charge in [0.15, 0.2) is 0 Å². The van der Waals surface area contributed by atoms with Gasteiger partial charge in [-0.15, -0.1) is 0 Å². The minimum atomic E-state index is -0.208. The van der Waals surface area contributed by atoms with Crippen molar-refractivity contribution in [2.45, 2.75) is 33.1 Å². The SMILES string of the molecule is CCOC(=O)C[C@@H]1C=CCC[C@@H]1C(C)=O. The second-order valence-electron chi connectivity index (χ2n) is 3.90. The highest BCUT2D eigenvalue weighted by Gasteiger charge is 2.27. The van der Waals surface area contributed by atoms with E-state index < -0.39 is 0 Å². The molecular weight excluding hydrogens is 192 g/mol. The van der Waals surface area contributed by atoms with Gasteiger partial charge in [0, 0.05) is 5.92 Å². The Morgan fingerprint density at radius 1 is 1.47 bits per heavy atom. The van der Waals surface area contributed by atoms with Gasteiger partial charge in [0.25, 0.3) is 0 Å². The topological polar surface area (TPSA) is 43.4 Å². The molecule has 0 saturated heterocycles. The molecule has 0 aliphatic heterocycles. The Kier molecular flexibility index (Phi) is 4.53. The highest BCUT2D eigenvalue weighted by molar-refractivity contribution is 5.80. The number of esters is 1. The molecule has 0 bridgehead atoms. The lowest BCUT2D eigenvalue weighted by Crippen LogP contribution is -2.25. The van der Waals surface area contributed by atoms with Crippen LogP contribution in [0, 0.1) is 11.8 Å². The quantitative estimate of drug-likeness (QED) is 0.527. The summed E-state index contributed by atoms with van der Waals surface area (Å²) in [5.41, 5.74) is 0. The molecule has 3 nitrogen and oxygen atoms in total. The van der Waals surface area contributed by atoms with Crippen molar-refractivity contribution in [1.29, 1.82) is 0 Å². The van der Waals surface area contributed by atoms with E-state index in [-0.39, 0.29) is 23.6 Å². The molecule has 1 rings (SSSR count). The zero-order valence-electron chi connectivity index (χ0n) is 9.36. The maximum absolute atomic E-state index is 11.4. The van der Waals surface area contributed by atoms with E-state index in [1.165, 1.54) is 0 Å². The van der Waals surface area contributed by atoms with E-state index in [0.29, 0.717) is 13.0 Å². The van der Waals surface area contributed by atoms with E-state index in [9.17, 15) is 9.59 Å². The molecule has 0 heterocycles. The van der Waals surface area contributed by atoms with Crippen LogP contribution in [0.5, 0.6) is 0 Å². The van der Waals surface area contributed by atoms with Crippen LogP contribution in [0.3, 0.4) is 0 Å². The van der Waals surface area contributed by atoms with Gasteiger partial charge in [-0.3, -0.25) is 9.59 Å². The molecular formula is C12H18O3. The molecule has 84 valence electrons. The Labute approximate surface area is 90.5 Å². The van der Waals surface area contributed by atoms with Crippen LogP contribution in [-0.4, -0.2) is 18.4 Å². The summed E-state index contributed by atoms with van der Waals surface area (Å²) in [6.45, 7) is 3.79. The first-order chi connectivity index (χ1) is 7.15. The van der Waals surface area contributed by atoms with Crippen molar-refractivity contribution in [3.63, 3.8) is 0 Å². The minimum absolute atomic E-state index is 0.000550. The molecule has 0 aromatic carbocycles. The van der Waals surface area contributed by atoms with Gasteiger partial charge in [0.2, 0.25) is 0 Å². The molecule has 0 radical (unpaired) electrons. The first kappa shape index (κ1) is 12.0. The zero-order chi connectivity index (χ0) is 11.3. The van der Waals surface area contributed by atoms with Crippen LogP contribution >= 0.6 is 0 Å². The number of ether oxygens (including phenoxy) is 1. The maximum Gasteiger partial charge on any atom is 0.306 e. The van der Waals surface area contributed by atoms with E-state index >= 15 is 0 Å². The molecule has 0 fully saturated rings. The standard InChI is InChI=1S/C12H18O3/c1-3-15-12(14)8-10-6-4-5-7-11(10)9(2)13/h4,6,10-11H,3,5,7-8H2,1-2H3/t10-,11+/m0/s1. The molecule has 2 atom stereocenters. The Hall–Kier alpha value is -1.12. The Morgan fingerprint density at radius 2 is 2.20 bits per heavy atom. The Bertz CT molecular complexity index is 268. The molecule has 0 aromatic heterocycles. The van der Waals surface area contributed by atoms with Gasteiger partial charge in [-0.05, 0) is 32.6 Å². The minimum Gasteiger partial charge on any atom is -0.466 e. The lowest BCUT2D eigenvalue weighted by molar-refractivity contribution is -0.144. The lowest BCUT2D eigenvalue weighted by Gasteiger charge is -2.24. The average molecular weight is 210 g/mol. The summed E-state index contributed by atoms with van der Waals surface area (Å²) in [5.74, 6) is 0.00338. The average Bonchev–Trinajstić information content (AvgIpc) is 2.18. The van der Waals surface area contributed by atoms with Gasteiger partial charge in [-0.25, -0.2) is 0 Å². The zero-order valence-corrected chi connectivity index (χ0v) is 9.36. The number of Topliss-reactive ketones (excluding diaryl/α,β-unsaturated/α-hetero) is 1. The van der Waals surface area contributed by atoms with Gasteiger partial charge >= 0.3 is 5.97 Å². The third-order valence-corrected chi connectivity index (χ3v) is 2.77. The van der Waals surface area contributed by atoms with Gasteiger partial charge < -0.3 is 4.74 Å². The van der Waals surface area contributed by atoms with Crippen molar-refractivity contribution >= 4 is 11.8 Å². The molecule has 1 aliphatic carbocycles. The highest BCUT2D eigenvalue weighted by Crippen LogP contribution is 2.28. The van der Waals surface area contributed by atoms with Gasteiger partial charge in [-0.2, -0.15) is 0 Å². The third kappa shape index (κ3) is 3.50. The largest absolute Gasteiger partial charge is 0.466 e. The first-order valence-corrected chi connectivity index (χ1v) is 5.48. The molecule has 0 unspecified atom stereocenters. The highest BCUT2D eigenvalue weighted by atomic mass is 16.5. The van der Waals surface area contributed by atoms with Crippen LogP contribution in [0.25, 0.3) is 0 Å². The fourth-order valence-corrected chi connectivity index (χ4v) is 2.02. The summed E-state index contributed by atoms with van der Waals surface area (Å²) >= 11 is 0. The molecule has 0 saturated carbocycles. The lowest BCUT2D eigenvalue weighted by atomic mass is 9.80. The molecule has 3 heteroatoms. The van der Waals surface area contributed by atoms with Crippen molar-refractivity contribution in [2.24, 2.45) is 11.8 Å². The molecule has 1 aliphatic rings. The third-order valence-electron chi connectivity index (χ3n) is 2.77. The Balaban J connectivity index is 2.56. The molecule has 0 spiro atoms. The summed E-state index contributed by atoms with van der Waals surface area (Å²) in [6.07, 6.45) is 6.14. The fraction of sp³-hybridized carbons (Fsp3) is 0.667. The fourth-order valence-electron chi connectivity index (χ4n) is 2.02. The predicted molar refractivity (Wildman–Crippen MR) is 57.3 cm³/mol. The molecule has 0 N–H and O–H groups in total. The molecule has 15 heavy (non-hydrogen) atoms. The van der Waals surface area contributed by atoms with Crippen molar-refractivity contribution in [2.75, 3.05) is 6.61 Å². The first-order valence-electron chi connectivity index (χ1n) is 5.48. The van der Waals surface area contributed by atoms with E-state index in [2.05, 4.69) is 0 Å². The second kappa shape index (κ2) is 5.69. The van der Waals surface area contributed by atoms with Crippen LogP contribution in [0.2, 0.25) is 0 Å². The van der Waals surface area contributed by atoms with E-state index in [1.54, 1.807) is 13.8 Å². The molecule has 0 amide bonds. The number of ketones is 1. The van der Waals surface area contributed by atoms with Crippen LogP contribution < -0.4 is 0 Å². The summed E-state index contributed by atoms with van der Waals surface area (Å²) in [6, 6.07) is 0. The van der Waals surface area contributed by atoms with Gasteiger partial charge in [-0.1, -0.05) is 12.2 Å². The van der Waals surface area contributed by atoms with Crippen molar-refractivity contribution < 1.29 is 14.3 Å².